The van der Waals surface area contributed by atoms with Gasteiger partial charge in [-0.05, 0) is 65.5 Å². The van der Waals surface area contributed by atoms with Crippen molar-refractivity contribution < 1.29 is 0 Å². The molecule has 8 heteroatoms. The van der Waals surface area contributed by atoms with E-state index in [9.17, 15) is 0 Å². The summed E-state index contributed by atoms with van der Waals surface area (Å²) in [6, 6.07) is 10.3. The zero-order chi connectivity index (χ0) is 20.5. The number of aromatic amines is 1. The quantitative estimate of drug-likeness (QED) is 0.473. The Morgan fingerprint density at radius 1 is 1.10 bits per heavy atom. The zero-order valence-corrected chi connectivity index (χ0v) is 18.0. The van der Waals surface area contributed by atoms with Crippen LogP contribution < -0.4 is 10.6 Å². The third-order valence-corrected chi connectivity index (χ3v) is 6.17. The van der Waals surface area contributed by atoms with Crippen molar-refractivity contribution in [1.29, 1.82) is 0 Å². The zero-order valence-electron chi connectivity index (χ0n) is 16.4. The number of aromatic nitrogens is 5. The van der Waals surface area contributed by atoms with Crippen LogP contribution in [0.4, 0.5) is 5.82 Å². The second kappa shape index (κ2) is 8.12. The van der Waals surface area contributed by atoms with E-state index in [-0.39, 0.29) is 6.04 Å². The van der Waals surface area contributed by atoms with Gasteiger partial charge in [0.25, 0.3) is 0 Å². The Morgan fingerprint density at radius 3 is 2.90 bits per heavy atom. The van der Waals surface area contributed by atoms with Crippen molar-refractivity contribution >= 4 is 32.7 Å². The molecule has 0 amide bonds. The highest BCUT2D eigenvalue weighted by atomic mass is 79.9. The highest BCUT2D eigenvalue weighted by Crippen LogP contribution is 2.32. The van der Waals surface area contributed by atoms with Crippen LogP contribution in [0.15, 0.2) is 53.4 Å². The standard InChI is InChI=1S/C22H22BrN7/c23-17-5-6-18(27-22(17)30-9-2-4-15(24)7-10-30)21-16-11-19(14-3-1-8-25-12-14)26-13-20(16)28-29-21/h1,3,5-6,8,11-13,15H,2,4,7,9-10,24H2,(H,28,29). The summed E-state index contributed by atoms with van der Waals surface area (Å²) in [4.78, 5) is 16.0. The van der Waals surface area contributed by atoms with E-state index >= 15 is 0 Å². The number of H-pyrrole nitrogens is 1. The molecule has 0 bridgehead atoms. The molecular formula is C22H22BrN7. The fourth-order valence-electron chi connectivity index (χ4n) is 3.90. The maximum Gasteiger partial charge on any atom is 0.143 e. The van der Waals surface area contributed by atoms with Gasteiger partial charge in [-0.3, -0.25) is 15.1 Å². The van der Waals surface area contributed by atoms with E-state index < -0.39 is 0 Å². The van der Waals surface area contributed by atoms with Gasteiger partial charge in [0, 0.05) is 42.5 Å². The van der Waals surface area contributed by atoms with Crippen molar-refractivity contribution in [2.45, 2.75) is 25.3 Å². The largest absolute Gasteiger partial charge is 0.356 e. The van der Waals surface area contributed by atoms with Crippen molar-refractivity contribution in [3.05, 3.63) is 53.4 Å². The first-order valence-corrected chi connectivity index (χ1v) is 10.9. The van der Waals surface area contributed by atoms with E-state index in [2.05, 4.69) is 41.0 Å². The summed E-state index contributed by atoms with van der Waals surface area (Å²) in [5.74, 6) is 0.944. The Morgan fingerprint density at radius 2 is 2.03 bits per heavy atom. The Labute approximate surface area is 182 Å². The summed E-state index contributed by atoms with van der Waals surface area (Å²) in [5, 5.41) is 8.62. The topological polar surface area (TPSA) is 96.6 Å². The molecule has 5 rings (SSSR count). The van der Waals surface area contributed by atoms with Gasteiger partial charge in [-0.25, -0.2) is 4.98 Å². The molecule has 7 nitrogen and oxygen atoms in total. The van der Waals surface area contributed by atoms with Crippen LogP contribution >= 0.6 is 15.9 Å². The van der Waals surface area contributed by atoms with Crippen molar-refractivity contribution in [2.24, 2.45) is 5.73 Å². The number of anilines is 1. The summed E-state index contributed by atoms with van der Waals surface area (Å²) in [6.07, 6.45) is 8.49. The van der Waals surface area contributed by atoms with E-state index in [0.717, 1.165) is 76.2 Å². The minimum absolute atomic E-state index is 0.269. The van der Waals surface area contributed by atoms with Gasteiger partial charge in [-0.1, -0.05) is 0 Å². The van der Waals surface area contributed by atoms with Crippen LogP contribution in [0.3, 0.4) is 0 Å². The monoisotopic (exact) mass is 463 g/mol. The van der Waals surface area contributed by atoms with Gasteiger partial charge in [0.15, 0.2) is 0 Å². The van der Waals surface area contributed by atoms with Crippen LogP contribution in [-0.2, 0) is 0 Å². The molecule has 1 fully saturated rings. The lowest BCUT2D eigenvalue weighted by molar-refractivity contribution is 0.601. The first-order valence-electron chi connectivity index (χ1n) is 10.1. The minimum Gasteiger partial charge on any atom is -0.356 e. The van der Waals surface area contributed by atoms with Crippen LogP contribution in [0.1, 0.15) is 19.3 Å². The third kappa shape index (κ3) is 3.68. The molecule has 1 unspecified atom stereocenters. The third-order valence-electron chi connectivity index (χ3n) is 5.55. The number of halogens is 1. The minimum atomic E-state index is 0.269. The summed E-state index contributed by atoms with van der Waals surface area (Å²) < 4.78 is 0.985. The smallest absolute Gasteiger partial charge is 0.143 e. The summed E-state index contributed by atoms with van der Waals surface area (Å²) in [5.41, 5.74) is 10.5. The van der Waals surface area contributed by atoms with Gasteiger partial charge in [0.05, 0.1) is 27.6 Å². The molecule has 30 heavy (non-hydrogen) atoms. The van der Waals surface area contributed by atoms with Gasteiger partial charge in [-0.2, -0.15) is 5.10 Å². The van der Waals surface area contributed by atoms with Crippen LogP contribution in [0.25, 0.3) is 33.5 Å². The Balaban J connectivity index is 1.55. The van der Waals surface area contributed by atoms with Gasteiger partial charge >= 0.3 is 0 Å². The van der Waals surface area contributed by atoms with Crippen LogP contribution in [0.2, 0.25) is 0 Å². The van der Waals surface area contributed by atoms with E-state index in [1.165, 1.54) is 0 Å². The second-order valence-electron chi connectivity index (χ2n) is 7.61. The number of nitrogens with one attached hydrogen (secondary N) is 1. The highest BCUT2D eigenvalue weighted by Gasteiger charge is 2.19. The maximum absolute atomic E-state index is 6.16. The van der Waals surface area contributed by atoms with Crippen molar-refractivity contribution in [3.63, 3.8) is 0 Å². The molecule has 0 saturated carbocycles. The molecule has 5 heterocycles. The first kappa shape index (κ1) is 19.1. The lowest BCUT2D eigenvalue weighted by Crippen LogP contribution is -2.27. The van der Waals surface area contributed by atoms with E-state index in [4.69, 9.17) is 10.7 Å². The Bertz CT molecular complexity index is 1170. The Kier molecular flexibility index (Phi) is 5.18. The van der Waals surface area contributed by atoms with Crippen molar-refractivity contribution in [3.8, 4) is 22.6 Å². The number of hydrogen-bond acceptors (Lipinski definition) is 6. The fraction of sp³-hybridized carbons (Fsp3) is 0.273. The van der Waals surface area contributed by atoms with Crippen molar-refractivity contribution in [2.75, 3.05) is 18.0 Å². The SMILES string of the molecule is NC1CCCN(c2nc(-c3n[nH]c4cnc(-c5cccnc5)cc34)ccc2Br)CC1. The summed E-state index contributed by atoms with van der Waals surface area (Å²) >= 11 is 3.68. The van der Waals surface area contributed by atoms with Gasteiger partial charge in [0.2, 0.25) is 0 Å². The van der Waals surface area contributed by atoms with Gasteiger partial charge in [-0.15, -0.1) is 0 Å². The molecular weight excluding hydrogens is 442 g/mol. The Hall–Kier alpha value is -2.84. The van der Waals surface area contributed by atoms with Crippen LogP contribution in [0, 0.1) is 0 Å². The number of nitrogens with two attached hydrogens (primary N) is 1. The highest BCUT2D eigenvalue weighted by molar-refractivity contribution is 9.10. The second-order valence-corrected chi connectivity index (χ2v) is 8.46. The molecule has 0 aromatic carbocycles. The molecule has 4 aromatic heterocycles. The molecule has 1 saturated heterocycles. The normalized spacial score (nSPS) is 17.3. The van der Waals surface area contributed by atoms with Crippen LogP contribution in [0.5, 0.6) is 0 Å². The predicted octanol–water partition coefficient (Wildman–Crippen LogP) is 4.16. The average Bonchev–Trinajstić information content (AvgIpc) is 3.08. The number of nitrogens with zero attached hydrogens (tertiary/aromatic N) is 5. The van der Waals surface area contributed by atoms with Gasteiger partial charge in [0.1, 0.15) is 11.5 Å². The van der Waals surface area contributed by atoms with E-state index in [0.29, 0.717) is 0 Å². The molecule has 152 valence electrons. The summed E-state index contributed by atoms with van der Waals surface area (Å²) in [7, 11) is 0. The molecule has 0 spiro atoms. The lowest BCUT2D eigenvalue weighted by Gasteiger charge is -2.23. The van der Waals surface area contributed by atoms with E-state index in [1.807, 2.05) is 42.7 Å². The molecule has 1 aliphatic rings. The van der Waals surface area contributed by atoms with Crippen molar-refractivity contribution in [1.82, 2.24) is 25.1 Å². The summed E-state index contributed by atoms with van der Waals surface area (Å²) in [6.45, 7) is 1.87. The van der Waals surface area contributed by atoms with Gasteiger partial charge < -0.3 is 10.6 Å². The number of pyridine rings is 3. The molecule has 1 aliphatic heterocycles. The molecule has 0 aliphatic carbocycles. The first-order chi connectivity index (χ1) is 14.7. The fourth-order valence-corrected chi connectivity index (χ4v) is 4.37. The molecule has 3 N–H and O–H groups in total. The number of rotatable bonds is 3. The number of hydrogen-bond donors (Lipinski definition) is 2. The maximum atomic E-state index is 6.16. The van der Waals surface area contributed by atoms with Crippen LogP contribution in [-0.4, -0.2) is 44.3 Å². The molecule has 4 aromatic rings. The number of fused-ring (bicyclic) bond motifs is 1. The lowest BCUT2D eigenvalue weighted by atomic mass is 10.1. The van der Waals surface area contributed by atoms with E-state index in [1.54, 1.807) is 6.20 Å². The average molecular weight is 464 g/mol. The molecule has 1 atom stereocenters. The predicted molar refractivity (Wildman–Crippen MR) is 122 cm³/mol. The molecule has 0 radical (unpaired) electrons.